The van der Waals surface area contributed by atoms with Crippen LogP contribution >= 0.6 is 0 Å². The van der Waals surface area contributed by atoms with Crippen LogP contribution in [0.5, 0.6) is 5.75 Å². The first-order valence-electron chi connectivity index (χ1n) is 7.34. The fourth-order valence-corrected chi connectivity index (χ4v) is 3.53. The van der Waals surface area contributed by atoms with Gasteiger partial charge in [-0.15, -0.1) is 0 Å². The van der Waals surface area contributed by atoms with Gasteiger partial charge in [-0.25, -0.2) is 0 Å². The molecular formula is C16H22N2O3S. The first kappa shape index (κ1) is 16.6. The van der Waals surface area contributed by atoms with Gasteiger partial charge in [0.05, 0.1) is 0 Å². The average Bonchev–Trinajstić information content (AvgIpc) is 2.80. The van der Waals surface area contributed by atoms with E-state index >= 15 is 0 Å². The van der Waals surface area contributed by atoms with Gasteiger partial charge in [-0.1, -0.05) is 13.8 Å². The summed E-state index contributed by atoms with van der Waals surface area (Å²) in [6.45, 7) is 8.40. The van der Waals surface area contributed by atoms with Gasteiger partial charge in [-0.2, -0.15) is 12.7 Å². The third kappa shape index (κ3) is 3.34. The predicted octanol–water partition coefficient (Wildman–Crippen LogP) is 3.06. The molecule has 6 heteroatoms. The number of benzene rings is 1. The fraction of sp³-hybridized carbons (Fsp3) is 0.375. The lowest BCUT2D eigenvalue weighted by atomic mass is 10.3. The Hall–Kier alpha value is -1.79. The van der Waals surface area contributed by atoms with E-state index in [4.69, 9.17) is 4.18 Å². The molecule has 0 radical (unpaired) electrons. The molecule has 0 N–H and O–H groups in total. The molecule has 1 heterocycles. The van der Waals surface area contributed by atoms with Gasteiger partial charge < -0.3 is 8.75 Å². The van der Waals surface area contributed by atoms with E-state index in [-0.39, 0.29) is 0 Å². The molecule has 0 aliphatic rings. The van der Waals surface area contributed by atoms with Crippen LogP contribution in [0.25, 0.3) is 5.69 Å². The summed E-state index contributed by atoms with van der Waals surface area (Å²) in [5, 5.41) is 0. The second-order valence-electron chi connectivity index (χ2n) is 5.07. The molecule has 2 rings (SSSR count). The summed E-state index contributed by atoms with van der Waals surface area (Å²) >= 11 is 0. The molecular weight excluding hydrogens is 300 g/mol. The molecule has 0 atom stereocenters. The highest BCUT2D eigenvalue weighted by molar-refractivity contribution is 7.84. The van der Waals surface area contributed by atoms with Crippen molar-refractivity contribution in [3.63, 3.8) is 0 Å². The molecule has 0 saturated heterocycles. The Morgan fingerprint density at radius 1 is 0.955 bits per heavy atom. The van der Waals surface area contributed by atoms with E-state index in [0.717, 1.165) is 17.1 Å². The second-order valence-corrected chi connectivity index (χ2v) is 6.61. The molecule has 0 amide bonds. The van der Waals surface area contributed by atoms with Gasteiger partial charge in [-0.05, 0) is 50.2 Å². The number of rotatable bonds is 6. The molecule has 22 heavy (non-hydrogen) atoms. The molecule has 0 unspecified atom stereocenters. The highest BCUT2D eigenvalue weighted by atomic mass is 32.2. The Balaban J connectivity index is 2.23. The zero-order valence-corrected chi connectivity index (χ0v) is 14.2. The van der Waals surface area contributed by atoms with Gasteiger partial charge in [0.15, 0.2) is 0 Å². The first-order chi connectivity index (χ1) is 10.4. The second kappa shape index (κ2) is 6.54. The molecule has 0 saturated carbocycles. The number of hydrogen-bond acceptors (Lipinski definition) is 3. The van der Waals surface area contributed by atoms with Crippen LogP contribution in [0, 0.1) is 13.8 Å². The van der Waals surface area contributed by atoms with Crippen molar-refractivity contribution in [2.75, 3.05) is 13.1 Å². The van der Waals surface area contributed by atoms with Gasteiger partial charge in [0.1, 0.15) is 5.75 Å². The lowest BCUT2D eigenvalue weighted by Gasteiger charge is -2.18. The van der Waals surface area contributed by atoms with Crippen LogP contribution in [0.2, 0.25) is 0 Å². The summed E-state index contributed by atoms with van der Waals surface area (Å²) in [6.07, 6.45) is 0. The van der Waals surface area contributed by atoms with Crippen molar-refractivity contribution >= 4 is 10.3 Å². The number of nitrogens with zero attached hydrogens (tertiary/aromatic N) is 2. The monoisotopic (exact) mass is 322 g/mol. The molecule has 1 aromatic carbocycles. The first-order valence-corrected chi connectivity index (χ1v) is 8.70. The Bertz CT molecular complexity index is 710. The molecule has 2 aromatic rings. The van der Waals surface area contributed by atoms with Crippen LogP contribution in [0.4, 0.5) is 0 Å². The largest absolute Gasteiger partial charge is 0.385 e. The number of aromatic nitrogens is 1. The minimum atomic E-state index is -3.73. The summed E-state index contributed by atoms with van der Waals surface area (Å²) < 4.78 is 32.7. The zero-order chi connectivity index (χ0) is 16.3. The summed E-state index contributed by atoms with van der Waals surface area (Å²) in [6, 6.07) is 11.2. The maximum Gasteiger partial charge on any atom is 0.385 e. The van der Waals surface area contributed by atoms with Crippen molar-refractivity contribution in [2.24, 2.45) is 0 Å². The Kier molecular flexibility index (Phi) is 4.93. The van der Waals surface area contributed by atoms with Gasteiger partial charge in [0.25, 0.3) is 0 Å². The third-order valence-corrected chi connectivity index (χ3v) is 5.14. The Labute approximate surface area is 132 Å². The van der Waals surface area contributed by atoms with Gasteiger partial charge >= 0.3 is 10.3 Å². The van der Waals surface area contributed by atoms with Crippen molar-refractivity contribution < 1.29 is 12.6 Å². The summed E-state index contributed by atoms with van der Waals surface area (Å²) in [5.41, 5.74) is 3.23. The molecule has 120 valence electrons. The molecule has 0 aliphatic heterocycles. The molecule has 5 nitrogen and oxygen atoms in total. The predicted molar refractivity (Wildman–Crippen MR) is 87.7 cm³/mol. The smallest absolute Gasteiger partial charge is 0.371 e. The van der Waals surface area contributed by atoms with Crippen molar-refractivity contribution in [1.82, 2.24) is 8.87 Å². The van der Waals surface area contributed by atoms with E-state index in [1.807, 2.05) is 38.1 Å². The summed E-state index contributed by atoms with van der Waals surface area (Å²) in [4.78, 5) is 0. The number of hydrogen-bond donors (Lipinski definition) is 0. The highest BCUT2D eigenvalue weighted by Crippen LogP contribution is 2.21. The average molecular weight is 322 g/mol. The van der Waals surface area contributed by atoms with E-state index in [9.17, 15) is 8.42 Å². The SMILES string of the molecule is CCN(CC)S(=O)(=O)Oc1ccc(-n2c(C)ccc2C)cc1. The minimum Gasteiger partial charge on any atom is -0.371 e. The standard InChI is InChI=1S/C16H22N2O3S/c1-5-17(6-2)22(19,20)21-16-11-9-15(10-12-16)18-13(3)7-8-14(18)4/h7-12H,5-6H2,1-4H3. The molecule has 0 aliphatic carbocycles. The summed E-state index contributed by atoms with van der Waals surface area (Å²) in [5.74, 6) is 0.318. The van der Waals surface area contributed by atoms with E-state index in [1.165, 1.54) is 4.31 Å². The van der Waals surface area contributed by atoms with Crippen LogP contribution in [-0.2, 0) is 10.3 Å². The van der Waals surface area contributed by atoms with Crippen molar-refractivity contribution in [1.29, 1.82) is 0 Å². The Morgan fingerprint density at radius 3 is 1.91 bits per heavy atom. The van der Waals surface area contributed by atoms with E-state index < -0.39 is 10.3 Å². The van der Waals surface area contributed by atoms with Crippen molar-refractivity contribution in [3.05, 3.63) is 47.8 Å². The zero-order valence-electron chi connectivity index (χ0n) is 13.4. The van der Waals surface area contributed by atoms with Crippen LogP contribution in [0.1, 0.15) is 25.2 Å². The topological polar surface area (TPSA) is 51.5 Å². The van der Waals surface area contributed by atoms with Crippen LogP contribution in [-0.4, -0.2) is 30.4 Å². The van der Waals surface area contributed by atoms with Crippen LogP contribution in [0.3, 0.4) is 0 Å². The lowest BCUT2D eigenvalue weighted by molar-refractivity contribution is 0.376. The van der Waals surface area contributed by atoms with E-state index in [0.29, 0.717) is 18.8 Å². The molecule has 0 bridgehead atoms. The lowest BCUT2D eigenvalue weighted by Crippen LogP contribution is -2.34. The minimum absolute atomic E-state index is 0.318. The van der Waals surface area contributed by atoms with Crippen LogP contribution in [0.15, 0.2) is 36.4 Å². The van der Waals surface area contributed by atoms with Gasteiger partial charge in [-0.3, -0.25) is 0 Å². The van der Waals surface area contributed by atoms with Crippen LogP contribution < -0.4 is 4.18 Å². The molecule has 0 fully saturated rings. The quantitative estimate of drug-likeness (QED) is 0.821. The van der Waals surface area contributed by atoms with E-state index in [1.54, 1.807) is 26.0 Å². The highest BCUT2D eigenvalue weighted by Gasteiger charge is 2.20. The van der Waals surface area contributed by atoms with Crippen molar-refractivity contribution in [2.45, 2.75) is 27.7 Å². The number of aryl methyl sites for hydroxylation is 2. The molecule has 0 spiro atoms. The third-order valence-electron chi connectivity index (χ3n) is 3.59. The molecule has 1 aromatic heterocycles. The van der Waals surface area contributed by atoms with E-state index in [2.05, 4.69) is 4.57 Å². The van der Waals surface area contributed by atoms with Gasteiger partial charge in [0.2, 0.25) is 0 Å². The van der Waals surface area contributed by atoms with Crippen molar-refractivity contribution in [3.8, 4) is 11.4 Å². The maximum atomic E-state index is 12.1. The summed E-state index contributed by atoms with van der Waals surface area (Å²) in [7, 11) is -3.73. The Morgan fingerprint density at radius 2 is 1.45 bits per heavy atom. The maximum absolute atomic E-state index is 12.1. The van der Waals surface area contributed by atoms with Gasteiger partial charge in [0, 0.05) is 30.2 Å². The fourth-order valence-electron chi connectivity index (χ4n) is 2.44. The normalized spacial score (nSPS) is 11.9.